The van der Waals surface area contributed by atoms with Crippen molar-refractivity contribution in [3.63, 3.8) is 0 Å². The molecule has 1 nitrogen and oxygen atoms in total. The summed E-state index contributed by atoms with van der Waals surface area (Å²) < 4.78 is 5.02. The van der Waals surface area contributed by atoms with E-state index in [4.69, 9.17) is 4.74 Å². The van der Waals surface area contributed by atoms with E-state index in [0.29, 0.717) is 0 Å². The van der Waals surface area contributed by atoms with Gasteiger partial charge in [0, 0.05) is 10.4 Å². The average Bonchev–Trinajstić information content (AvgIpc) is 2.92. The van der Waals surface area contributed by atoms with Crippen molar-refractivity contribution in [1.82, 2.24) is 0 Å². The quantitative estimate of drug-likeness (QED) is 0.593. The van der Waals surface area contributed by atoms with Crippen molar-refractivity contribution >= 4 is 28.2 Å². The molecule has 0 saturated heterocycles. The van der Waals surface area contributed by atoms with Crippen molar-refractivity contribution in [2.45, 2.75) is 0 Å². The highest BCUT2D eigenvalue weighted by atomic mass is 32.1. The second-order valence-corrected chi connectivity index (χ2v) is 5.21. The number of rotatable bonds is 3. The molecule has 0 unspecified atom stereocenters. The molecule has 0 bridgehead atoms. The molecular weight excluding hydrogens is 252 g/mol. The maximum absolute atomic E-state index is 5.02. The SMILES string of the molecule is CO/C=C/c1sccc1-c1cccc2ccccc12. The van der Waals surface area contributed by atoms with E-state index in [1.165, 1.54) is 26.8 Å². The van der Waals surface area contributed by atoms with E-state index in [-0.39, 0.29) is 0 Å². The van der Waals surface area contributed by atoms with E-state index in [0.717, 1.165) is 0 Å². The average molecular weight is 266 g/mol. The predicted octanol–water partition coefficient (Wildman–Crippen LogP) is 5.19. The molecule has 1 aromatic heterocycles. The smallest absolute Gasteiger partial charge is 0.0838 e. The highest BCUT2D eigenvalue weighted by molar-refractivity contribution is 7.11. The van der Waals surface area contributed by atoms with Crippen molar-refractivity contribution in [1.29, 1.82) is 0 Å². The van der Waals surface area contributed by atoms with E-state index >= 15 is 0 Å². The molecule has 0 spiro atoms. The first-order chi connectivity index (χ1) is 9.40. The molecule has 0 aliphatic rings. The zero-order chi connectivity index (χ0) is 13.1. The fourth-order valence-corrected chi connectivity index (χ4v) is 3.05. The first-order valence-corrected chi connectivity index (χ1v) is 7.03. The lowest BCUT2D eigenvalue weighted by Gasteiger charge is -2.06. The van der Waals surface area contributed by atoms with E-state index in [2.05, 4.69) is 53.9 Å². The molecule has 0 radical (unpaired) electrons. The van der Waals surface area contributed by atoms with Crippen LogP contribution in [0.2, 0.25) is 0 Å². The lowest BCUT2D eigenvalue weighted by molar-refractivity contribution is 0.341. The van der Waals surface area contributed by atoms with Crippen LogP contribution in [0, 0.1) is 0 Å². The number of benzene rings is 2. The van der Waals surface area contributed by atoms with Gasteiger partial charge in [-0.25, -0.2) is 0 Å². The summed E-state index contributed by atoms with van der Waals surface area (Å²) in [6.07, 6.45) is 3.74. The number of hydrogen-bond acceptors (Lipinski definition) is 2. The summed E-state index contributed by atoms with van der Waals surface area (Å²) in [5.41, 5.74) is 2.53. The van der Waals surface area contributed by atoms with Gasteiger partial charge in [-0.15, -0.1) is 11.3 Å². The van der Waals surface area contributed by atoms with Crippen LogP contribution in [0.3, 0.4) is 0 Å². The Labute approximate surface area is 116 Å². The molecule has 0 atom stereocenters. The molecule has 0 fully saturated rings. The van der Waals surface area contributed by atoms with Crippen LogP contribution < -0.4 is 0 Å². The second-order valence-electron chi connectivity index (χ2n) is 4.26. The van der Waals surface area contributed by atoms with Crippen LogP contribution in [-0.4, -0.2) is 7.11 Å². The van der Waals surface area contributed by atoms with Crippen LogP contribution in [0.1, 0.15) is 4.88 Å². The molecule has 1 heterocycles. The third-order valence-electron chi connectivity index (χ3n) is 3.13. The van der Waals surface area contributed by atoms with Gasteiger partial charge in [-0.2, -0.15) is 0 Å². The molecular formula is C17H14OS. The largest absolute Gasteiger partial charge is 0.504 e. The fourth-order valence-electron chi connectivity index (χ4n) is 2.26. The maximum atomic E-state index is 5.02. The highest BCUT2D eigenvalue weighted by Gasteiger charge is 2.07. The molecule has 3 rings (SSSR count). The Balaban J connectivity index is 2.20. The Kier molecular flexibility index (Phi) is 3.34. The van der Waals surface area contributed by atoms with Gasteiger partial charge in [-0.3, -0.25) is 0 Å². The standard InChI is InChI=1S/C17H14OS/c1-18-11-9-17-16(10-12-19-17)15-8-4-6-13-5-2-3-7-14(13)15/h2-12H,1H3/b11-9+. The first-order valence-electron chi connectivity index (χ1n) is 6.15. The molecule has 2 heteroatoms. The summed E-state index contributed by atoms with van der Waals surface area (Å²) in [5, 5.41) is 4.68. The van der Waals surface area contributed by atoms with Crippen molar-refractivity contribution in [3.05, 3.63) is 65.1 Å². The zero-order valence-corrected chi connectivity index (χ0v) is 11.5. The summed E-state index contributed by atoms with van der Waals surface area (Å²) in [5.74, 6) is 0. The van der Waals surface area contributed by atoms with Crippen LogP contribution in [0.5, 0.6) is 0 Å². The zero-order valence-electron chi connectivity index (χ0n) is 10.7. The number of fused-ring (bicyclic) bond motifs is 1. The minimum absolute atomic E-state index is 1.22. The van der Waals surface area contributed by atoms with Gasteiger partial charge in [0.2, 0.25) is 0 Å². The molecule has 94 valence electrons. The van der Waals surface area contributed by atoms with Crippen LogP contribution in [0.25, 0.3) is 28.0 Å². The molecule has 0 aliphatic heterocycles. The van der Waals surface area contributed by atoms with Gasteiger partial charge in [0.15, 0.2) is 0 Å². The summed E-state index contributed by atoms with van der Waals surface area (Å²) in [6.45, 7) is 0. The lowest BCUT2D eigenvalue weighted by atomic mass is 9.99. The molecule has 0 saturated carbocycles. The van der Waals surface area contributed by atoms with Gasteiger partial charge in [-0.05, 0) is 33.9 Å². The van der Waals surface area contributed by atoms with Crippen LogP contribution in [-0.2, 0) is 4.74 Å². The summed E-state index contributed by atoms with van der Waals surface area (Å²) >= 11 is 1.73. The van der Waals surface area contributed by atoms with Crippen LogP contribution >= 0.6 is 11.3 Å². The van der Waals surface area contributed by atoms with Crippen LogP contribution in [0.15, 0.2) is 60.2 Å². The van der Waals surface area contributed by atoms with Gasteiger partial charge in [0.1, 0.15) is 0 Å². The van der Waals surface area contributed by atoms with Gasteiger partial charge < -0.3 is 4.74 Å². The molecule has 3 aromatic rings. The fraction of sp³-hybridized carbons (Fsp3) is 0.0588. The van der Waals surface area contributed by atoms with E-state index in [1.807, 2.05) is 6.08 Å². The topological polar surface area (TPSA) is 9.23 Å². The Morgan fingerprint density at radius 1 is 0.947 bits per heavy atom. The maximum Gasteiger partial charge on any atom is 0.0838 e. The second kappa shape index (κ2) is 5.29. The highest BCUT2D eigenvalue weighted by Crippen LogP contribution is 2.34. The first kappa shape index (κ1) is 12.0. The molecule has 0 aliphatic carbocycles. The summed E-state index contributed by atoms with van der Waals surface area (Å²) in [4.78, 5) is 1.22. The lowest BCUT2D eigenvalue weighted by Crippen LogP contribution is -1.81. The third kappa shape index (κ3) is 2.27. The molecule has 0 amide bonds. The van der Waals surface area contributed by atoms with E-state index < -0.39 is 0 Å². The minimum atomic E-state index is 1.22. The van der Waals surface area contributed by atoms with E-state index in [1.54, 1.807) is 24.7 Å². The Bertz CT molecular complexity index is 719. The monoisotopic (exact) mass is 266 g/mol. The summed E-state index contributed by atoms with van der Waals surface area (Å²) in [6, 6.07) is 17.1. The number of thiophene rings is 1. The Hall–Kier alpha value is -2.06. The molecule has 0 N–H and O–H groups in total. The van der Waals surface area contributed by atoms with Gasteiger partial charge in [0.25, 0.3) is 0 Å². The van der Waals surface area contributed by atoms with E-state index in [9.17, 15) is 0 Å². The molecule has 2 aromatic carbocycles. The Morgan fingerprint density at radius 2 is 1.79 bits per heavy atom. The van der Waals surface area contributed by atoms with Crippen molar-refractivity contribution in [3.8, 4) is 11.1 Å². The predicted molar refractivity (Wildman–Crippen MR) is 83.3 cm³/mol. The van der Waals surface area contributed by atoms with Crippen molar-refractivity contribution in [2.75, 3.05) is 7.11 Å². The normalized spacial score (nSPS) is 11.2. The third-order valence-corrected chi connectivity index (χ3v) is 4.01. The van der Waals surface area contributed by atoms with Gasteiger partial charge in [0.05, 0.1) is 13.4 Å². The summed E-state index contributed by atoms with van der Waals surface area (Å²) in [7, 11) is 1.67. The molecule has 19 heavy (non-hydrogen) atoms. The minimum Gasteiger partial charge on any atom is -0.504 e. The van der Waals surface area contributed by atoms with Gasteiger partial charge >= 0.3 is 0 Å². The Morgan fingerprint density at radius 3 is 2.68 bits per heavy atom. The van der Waals surface area contributed by atoms with Crippen LogP contribution in [0.4, 0.5) is 0 Å². The number of methoxy groups -OCH3 is 1. The van der Waals surface area contributed by atoms with Gasteiger partial charge in [-0.1, -0.05) is 42.5 Å². The number of hydrogen-bond donors (Lipinski definition) is 0. The number of ether oxygens (including phenoxy) is 1. The van der Waals surface area contributed by atoms with Crippen molar-refractivity contribution < 1.29 is 4.74 Å². The van der Waals surface area contributed by atoms with Crippen molar-refractivity contribution in [2.24, 2.45) is 0 Å².